The van der Waals surface area contributed by atoms with E-state index < -0.39 is 26.8 Å². The Morgan fingerprint density at radius 1 is 1.02 bits per heavy atom. The Kier molecular flexibility index (Phi) is 8.89. The highest BCUT2D eigenvalue weighted by atomic mass is 32.2. The number of benzene rings is 1. The topological polar surface area (TPSA) is 141 Å². The molecule has 6 rings (SSSR count). The molecular weight excluding hydrogens is 604 g/mol. The molecule has 13 heteroatoms. The second kappa shape index (κ2) is 13.0. The van der Waals surface area contributed by atoms with Crippen LogP contribution in [0.5, 0.6) is 0 Å². The minimum absolute atomic E-state index is 0.0145. The summed E-state index contributed by atoms with van der Waals surface area (Å²) in [5.41, 5.74) is 4.63. The molecular formula is C31H32N4O7S2. The number of thiophene rings is 1. The summed E-state index contributed by atoms with van der Waals surface area (Å²) in [5, 5.41) is 0. The number of nitrogens with one attached hydrogen (secondary N) is 1. The first kappa shape index (κ1) is 30.1. The molecule has 1 aromatic carbocycles. The van der Waals surface area contributed by atoms with Crippen molar-refractivity contribution in [3.05, 3.63) is 84.0 Å². The van der Waals surface area contributed by atoms with Gasteiger partial charge in [-0.15, -0.1) is 11.3 Å². The first-order valence-corrected chi connectivity index (χ1v) is 16.9. The summed E-state index contributed by atoms with van der Waals surface area (Å²) in [5.74, 6) is -0.491. The molecule has 2 unspecified atom stereocenters. The zero-order valence-electron chi connectivity index (χ0n) is 23.9. The molecule has 0 bridgehead atoms. The molecule has 0 radical (unpaired) electrons. The Bertz CT molecular complexity index is 1690. The number of carbonyl (C=O) groups is 2. The highest BCUT2D eigenvalue weighted by Gasteiger charge is 2.50. The molecule has 2 fully saturated rings. The van der Waals surface area contributed by atoms with Crippen molar-refractivity contribution < 1.29 is 32.0 Å². The maximum absolute atomic E-state index is 14.2. The molecule has 5 heterocycles. The lowest BCUT2D eigenvalue weighted by molar-refractivity contribution is -0.200. The molecule has 2 amide bonds. The van der Waals surface area contributed by atoms with Crippen molar-refractivity contribution in [1.29, 1.82) is 0 Å². The summed E-state index contributed by atoms with van der Waals surface area (Å²) in [6.45, 7) is 0.706. The van der Waals surface area contributed by atoms with Gasteiger partial charge in [0.1, 0.15) is 4.75 Å². The third kappa shape index (κ3) is 6.32. The zero-order chi connectivity index (χ0) is 30.6. The van der Waals surface area contributed by atoms with Crippen LogP contribution < -0.4 is 5.48 Å². The highest BCUT2D eigenvalue weighted by molar-refractivity contribution is 7.92. The maximum Gasteiger partial charge on any atom is 0.253 e. The second-order valence-corrected chi connectivity index (χ2v) is 14.3. The molecule has 0 aliphatic carbocycles. The van der Waals surface area contributed by atoms with Gasteiger partial charge in [-0.3, -0.25) is 14.6 Å². The van der Waals surface area contributed by atoms with Crippen LogP contribution in [0.3, 0.4) is 0 Å². The number of hydrogen-bond donors (Lipinski definition) is 1. The zero-order valence-corrected chi connectivity index (χ0v) is 25.5. The van der Waals surface area contributed by atoms with E-state index in [4.69, 9.17) is 14.0 Å². The van der Waals surface area contributed by atoms with Crippen LogP contribution in [-0.4, -0.2) is 66.8 Å². The molecule has 2 atom stereocenters. The van der Waals surface area contributed by atoms with Crippen molar-refractivity contribution >= 4 is 33.0 Å². The number of aromatic nitrogens is 2. The van der Waals surface area contributed by atoms with E-state index in [9.17, 15) is 18.0 Å². The van der Waals surface area contributed by atoms with Crippen LogP contribution in [0.1, 0.15) is 47.3 Å². The number of rotatable bonds is 8. The van der Waals surface area contributed by atoms with Gasteiger partial charge in [0, 0.05) is 59.4 Å². The van der Waals surface area contributed by atoms with Crippen molar-refractivity contribution in [2.75, 3.05) is 25.4 Å². The van der Waals surface area contributed by atoms with Gasteiger partial charge in [0.05, 0.1) is 18.4 Å². The van der Waals surface area contributed by atoms with Crippen molar-refractivity contribution in [3.63, 3.8) is 0 Å². The lowest BCUT2D eigenvalue weighted by Crippen LogP contribution is -2.43. The van der Waals surface area contributed by atoms with Crippen LogP contribution in [0.2, 0.25) is 0 Å². The molecule has 2 saturated heterocycles. The van der Waals surface area contributed by atoms with E-state index in [0.717, 1.165) is 28.8 Å². The lowest BCUT2D eigenvalue weighted by Gasteiger charge is -2.31. The largest absolute Gasteiger partial charge is 0.444 e. The number of hydrogen-bond acceptors (Lipinski definition) is 10. The molecule has 3 aromatic heterocycles. The number of amides is 2. The summed E-state index contributed by atoms with van der Waals surface area (Å²) >= 11 is 1.33. The van der Waals surface area contributed by atoms with Gasteiger partial charge in [-0.25, -0.2) is 23.7 Å². The van der Waals surface area contributed by atoms with E-state index in [2.05, 4.69) is 15.4 Å². The SMILES string of the molecule is O=C(CC1(c2ccc(-c3ccc(-c4cnco4)cc3)s2)CCN(C(=O)c2ccncc2)CCS1(=O)=O)NOC1CCCCO1. The van der Waals surface area contributed by atoms with Gasteiger partial charge in [-0.2, -0.15) is 0 Å². The Morgan fingerprint density at radius 2 is 1.82 bits per heavy atom. The van der Waals surface area contributed by atoms with Crippen molar-refractivity contribution in [1.82, 2.24) is 20.3 Å². The first-order valence-electron chi connectivity index (χ1n) is 14.4. The first-order chi connectivity index (χ1) is 21.3. The normalized spacial score (nSPS) is 21.8. The Balaban J connectivity index is 1.29. The van der Waals surface area contributed by atoms with Gasteiger partial charge in [0.15, 0.2) is 28.3 Å². The van der Waals surface area contributed by atoms with Gasteiger partial charge in [-0.05, 0) is 49.1 Å². The number of hydroxylamine groups is 1. The van der Waals surface area contributed by atoms with Crippen molar-refractivity contribution in [3.8, 4) is 21.8 Å². The standard InChI is InChI=1S/C31H32N4O7S2/c36-28(34-42-29-3-1-2-17-40-29)19-31(12-15-35(16-18-44(31,38)39)30(37)24-10-13-32-14-11-24)27-9-8-26(43-27)23-6-4-22(5-7-23)25-20-33-21-41-25/h4-11,13-14,20-21,29H,1-3,12,15-19H2,(H,34,36). The summed E-state index contributed by atoms with van der Waals surface area (Å²) < 4.78 is 37.7. The Hall–Kier alpha value is -3.91. The quantitative estimate of drug-likeness (QED) is 0.275. The average molecular weight is 637 g/mol. The van der Waals surface area contributed by atoms with E-state index in [-0.39, 0.29) is 37.6 Å². The second-order valence-electron chi connectivity index (χ2n) is 10.8. The summed E-state index contributed by atoms with van der Waals surface area (Å²) in [6, 6.07) is 14.5. The smallest absolute Gasteiger partial charge is 0.253 e. The van der Waals surface area contributed by atoms with E-state index >= 15 is 0 Å². The minimum atomic E-state index is -3.93. The molecule has 230 valence electrons. The summed E-state index contributed by atoms with van der Waals surface area (Å²) in [6.07, 6.45) is 7.65. The van der Waals surface area contributed by atoms with Crippen LogP contribution in [0, 0.1) is 0 Å². The summed E-state index contributed by atoms with van der Waals surface area (Å²) in [4.78, 5) is 43.0. The lowest BCUT2D eigenvalue weighted by atomic mass is 9.97. The number of sulfone groups is 1. The fourth-order valence-corrected chi connectivity index (χ4v) is 9.19. The van der Waals surface area contributed by atoms with Gasteiger partial charge in [0.25, 0.3) is 5.91 Å². The number of pyridine rings is 1. The van der Waals surface area contributed by atoms with Crippen LogP contribution in [0.15, 0.2) is 77.9 Å². The maximum atomic E-state index is 14.2. The predicted molar refractivity (Wildman–Crippen MR) is 163 cm³/mol. The molecule has 4 aromatic rings. The molecule has 2 aliphatic heterocycles. The van der Waals surface area contributed by atoms with Crippen LogP contribution in [-0.2, 0) is 29.0 Å². The van der Waals surface area contributed by atoms with Gasteiger partial charge >= 0.3 is 0 Å². The van der Waals surface area contributed by atoms with Crippen LogP contribution in [0.4, 0.5) is 0 Å². The van der Waals surface area contributed by atoms with Crippen molar-refractivity contribution in [2.45, 2.75) is 43.1 Å². The fourth-order valence-electron chi connectivity index (χ4n) is 5.58. The number of carbonyl (C=O) groups excluding carboxylic acids is 2. The minimum Gasteiger partial charge on any atom is -0.444 e. The van der Waals surface area contributed by atoms with E-state index in [0.29, 0.717) is 29.2 Å². The monoisotopic (exact) mass is 636 g/mol. The van der Waals surface area contributed by atoms with Crippen LogP contribution in [0.25, 0.3) is 21.8 Å². The van der Waals surface area contributed by atoms with E-state index in [1.54, 1.807) is 24.4 Å². The predicted octanol–water partition coefficient (Wildman–Crippen LogP) is 4.59. The number of oxazole rings is 1. The molecule has 2 aliphatic rings. The molecule has 44 heavy (non-hydrogen) atoms. The fraction of sp³-hybridized carbons (Fsp3) is 0.355. The van der Waals surface area contributed by atoms with Gasteiger partial charge in [-0.1, -0.05) is 24.3 Å². The van der Waals surface area contributed by atoms with Crippen LogP contribution >= 0.6 is 11.3 Å². The highest BCUT2D eigenvalue weighted by Crippen LogP contribution is 2.45. The molecule has 1 N–H and O–H groups in total. The third-order valence-corrected chi connectivity index (χ3v) is 12.0. The van der Waals surface area contributed by atoms with E-state index in [1.165, 1.54) is 35.0 Å². The molecule has 0 spiro atoms. The third-order valence-electron chi connectivity index (χ3n) is 8.05. The Labute approximate surface area is 259 Å². The molecule has 11 nitrogen and oxygen atoms in total. The van der Waals surface area contributed by atoms with E-state index in [1.807, 2.05) is 30.3 Å². The number of ether oxygens (including phenoxy) is 1. The molecule has 0 saturated carbocycles. The summed E-state index contributed by atoms with van der Waals surface area (Å²) in [7, 11) is -3.93. The van der Waals surface area contributed by atoms with Gasteiger partial charge < -0.3 is 14.1 Å². The number of nitrogens with zero attached hydrogens (tertiary/aromatic N) is 3. The van der Waals surface area contributed by atoms with Gasteiger partial charge in [0.2, 0.25) is 5.91 Å². The van der Waals surface area contributed by atoms with Crippen molar-refractivity contribution in [2.24, 2.45) is 0 Å². The average Bonchev–Trinajstić information content (AvgIpc) is 3.75. The Morgan fingerprint density at radius 3 is 2.55 bits per heavy atom.